The van der Waals surface area contributed by atoms with Crippen LogP contribution in [-0.2, 0) is 0 Å². The minimum atomic E-state index is -0.223. The zero-order valence-electron chi connectivity index (χ0n) is 12.6. The molecule has 2 aromatic carbocycles. The molecule has 1 aromatic heterocycles. The highest BCUT2D eigenvalue weighted by atomic mass is 16.5. The summed E-state index contributed by atoms with van der Waals surface area (Å²) >= 11 is 0. The summed E-state index contributed by atoms with van der Waals surface area (Å²) in [6.07, 6.45) is 3.53. The first-order valence-corrected chi connectivity index (χ1v) is 7.81. The van der Waals surface area contributed by atoms with Crippen LogP contribution in [0.2, 0.25) is 0 Å². The molecular formula is C18H17N3O2. The van der Waals surface area contributed by atoms with Crippen LogP contribution in [0.4, 0.5) is 5.95 Å². The second-order valence-electron chi connectivity index (χ2n) is 5.72. The standard InChI is InChI=1S/C18H17N3O2/c22-17(21-18-19-14-9-2-3-10-15(14)20-18)13-8-1-4-11-16(13)23-12-6-5-7-12/h1-4,8-12H,5-7H2,(H2,19,20,21,22). The van der Waals surface area contributed by atoms with E-state index in [4.69, 9.17) is 4.74 Å². The van der Waals surface area contributed by atoms with Crippen molar-refractivity contribution in [2.45, 2.75) is 25.4 Å². The average molecular weight is 307 g/mol. The van der Waals surface area contributed by atoms with Gasteiger partial charge in [0.15, 0.2) is 0 Å². The molecule has 4 rings (SSSR count). The number of carbonyl (C=O) groups is 1. The molecule has 0 spiro atoms. The fourth-order valence-corrected chi connectivity index (χ4v) is 2.61. The topological polar surface area (TPSA) is 67.0 Å². The molecule has 1 aliphatic carbocycles. The van der Waals surface area contributed by atoms with Crippen molar-refractivity contribution in [1.29, 1.82) is 0 Å². The second kappa shape index (κ2) is 5.76. The molecule has 23 heavy (non-hydrogen) atoms. The monoisotopic (exact) mass is 307 g/mol. The molecule has 2 N–H and O–H groups in total. The van der Waals surface area contributed by atoms with Gasteiger partial charge < -0.3 is 9.72 Å². The van der Waals surface area contributed by atoms with E-state index < -0.39 is 0 Å². The van der Waals surface area contributed by atoms with E-state index in [1.807, 2.05) is 42.5 Å². The van der Waals surface area contributed by atoms with Crippen molar-refractivity contribution in [3.05, 3.63) is 54.1 Å². The summed E-state index contributed by atoms with van der Waals surface area (Å²) in [4.78, 5) is 20.0. The number of anilines is 1. The minimum absolute atomic E-state index is 0.223. The summed E-state index contributed by atoms with van der Waals surface area (Å²) < 4.78 is 5.91. The summed E-state index contributed by atoms with van der Waals surface area (Å²) in [5.41, 5.74) is 2.24. The largest absolute Gasteiger partial charge is 0.490 e. The molecule has 1 amide bonds. The quantitative estimate of drug-likeness (QED) is 0.771. The summed E-state index contributed by atoms with van der Waals surface area (Å²) in [5.74, 6) is 0.847. The van der Waals surface area contributed by atoms with Crippen molar-refractivity contribution in [2.24, 2.45) is 0 Å². The Kier molecular flexibility index (Phi) is 3.46. The third kappa shape index (κ3) is 2.77. The summed E-state index contributed by atoms with van der Waals surface area (Å²) in [6, 6.07) is 15.0. The molecule has 0 radical (unpaired) electrons. The van der Waals surface area contributed by atoms with Gasteiger partial charge in [-0.1, -0.05) is 24.3 Å². The van der Waals surface area contributed by atoms with Crippen molar-refractivity contribution in [1.82, 2.24) is 9.97 Å². The van der Waals surface area contributed by atoms with Crippen LogP contribution in [0.15, 0.2) is 48.5 Å². The fraction of sp³-hybridized carbons (Fsp3) is 0.222. The van der Waals surface area contributed by atoms with Crippen molar-refractivity contribution in [3.63, 3.8) is 0 Å². The number of imidazole rings is 1. The second-order valence-corrected chi connectivity index (χ2v) is 5.72. The molecule has 1 heterocycles. The van der Waals surface area contributed by atoms with Crippen LogP contribution in [-0.4, -0.2) is 22.0 Å². The number of para-hydroxylation sites is 3. The Hall–Kier alpha value is -2.82. The summed E-state index contributed by atoms with van der Waals surface area (Å²) in [5, 5.41) is 2.81. The maximum atomic E-state index is 12.5. The van der Waals surface area contributed by atoms with E-state index in [0.717, 1.165) is 23.9 Å². The van der Waals surface area contributed by atoms with E-state index >= 15 is 0 Å². The smallest absolute Gasteiger partial charge is 0.261 e. The highest BCUT2D eigenvalue weighted by Gasteiger charge is 2.22. The molecule has 116 valence electrons. The highest BCUT2D eigenvalue weighted by Crippen LogP contribution is 2.28. The Morgan fingerprint density at radius 3 is 2.70 bits per heavy atom. The van der Waals surface area contributed by atoms with Gasteiger partial charge in [-0.3, -0.25) is 10.1 Å². The third-order valence-corrected chi connectivity index (χ3v) is 4.10. The maximum absolute atomic E-state index is 12.5. The number of ether oxygens (including phenoxy) is 1. The van der Waals surface area contributed by atoms with Gasteiger partial charge in [0, 0.05) is 0 Å². The van der Waals surface area contributed by atoms with Crippen LogP contribution in [0, 0.1) is 0 Å². The van der Waals surface area contributed by atoms with Gasteiger partial charge in [-0.2, -0.15) is 0 Å². The van der Waals surface area contributed by atoms with Gasteiger partial charge >= 0.3 is 0 Å². The molecule has 0 atom stereocenters. The van der Waals surface area contributed by atoms with Crippen molar-refractivity contribution < 1.29 is 9.53 Å². The first-order chi connectivity index (χ1) is 11.3. The Bertz CT molecular complexity index is 819. The summed E-state index contributed by atoms with van der Waals surface area (Å²) in [7, 11) is 0. The normalized spacial score (nSPS) is 14.4. The molecule has 0 unspecified atom stereocenters. The fourth-order valence-electron chi connectivity index (χ4n) is 2.61. The number of aromatic nitrogens is 2. The molecule has 5 heteroatoms. The number of carbonyl (C=O) groups excluding carboxylic acids is 1. The van der Waals surface area contributed by atoms with Crippen LogP contribution >= 0.6 is 0 Å². The number of aromatic amines is 1. The van der Waals surface area contributed by atoms with E-state index in [0.29, 0.717) is 17.3 Å². The number of hydrogen-bond donors (Lipinski definition) is 2. The first kappa shape index (κ1) is 13.8. The number of benzene rings is 2. The lowest BCUT2D eigenvalue weighted by Crippen LogP contribution is -2.26. The van der Waals surface area contributed by atoms with Gasteiger partial charge in [-0.05, 0) is 43.5 Å². The first-order valence-electron chi connectivity index (χ1n) is 7.81. The van der Waals surface area contributed by atoms with E-state index in [-0.39, 0.29) is 12.0 Å². The summed E-state index contributed by atoms with van der Waals surface area (Å²) in [6.45, 7) is 0. The molecule has 1 saturated carbocycles. The number of rotatable bonds is 4. The van der Waals surface area contributed by atoms with Crippen LogP contribution in [0.25, 0.3) is 11.0 Å². The Balaban J connectivity index is 1.56. The van der Waals surface area contributed by atoms with Gasteiger partial charge in [0.25, 0.3) is 5.91 Å². The lowest BCUT2D eigenvalue weighted by atomic mass is 9.96. The lowest BCUT2D eigenvalue weighted by molar-refractivity contribution is 0.0991. The Labute approximate surface area is 133 Å². The molecule has 0 aliphatic heterocycles. The van der Waals surface area contributed by atoms with Gasteiger partial charge in [0.1, 0.15) is 5.75 Å². The van der Waals surface area contributed by atoms with Crippen molar-refractivity contribution >= 4 is 22.9 Å². The predicted octanol–water partition coefficient (Wildman–Crippen LogP) is 3.75. The number of hydrogen-bond acceptors (Lipinski definition) is 3. The molecule has 0 saturated heterocycles. The number of amides is 1. The van der Waals surface area contributed by atoms with Crippen LogP contribution in [0.1, 0.15) is 29.6 Å². The molecule has 0 bridgehead atoms. The van der Waals surface area contributed by atoms with Crippen molar-refractivity contribution in [2.75, 3.05) is 5.32 Å². The predicted molar refractivity (Wildman–Crippen MR) is 88.8 cm³/mol. The van der Waals surface area contributed by atoms with Crippen molar-refractivity contribution in [3.8, 4) is 5.75 Å². The molecule has 3 aromatic rings. The molecule has 5 nitrogen and oxygen atoms in total. The van der Waals surface area contributed by atoms with Gasteiger partial charge in [0.05, 0.1) is 22.7 Å². The number of fused-ring (bicyclic) bond motifs is 1. The van der Waals surface area contributed by atoms with Gasteiger partial charge in [-0.25, -0.2) is 4.98 Å². The van der Waals surface area contributed by atoms with E-state index in [1.165, 1.54) is 6.42 Å². The molecule has 1 fully saturated rings. The SMILES string of the molecule is O=C(Nc1nc2ccccc2[nH]1)c1ccccc1OC1CCC1. The van der Waals surface area contributed by atoms with Crippen LogP contribution in [0.5, 0.6) is 5.75 Å². The van der Waals surface area contributed by atoms with Crippen LogP contribution < -0.4 is 10.1 Å². The zero-order valence-corrected chi connectivity index (χ0v) is 12.6. The average Bonchev–Trinajstić information content (AvgIpc) is 2.93. The lowest BCUT2D eigenvalue weighted by Gasteiger charge is -2.27. The number of nitrogens with zero attached hydrogens (tertiary/aromatic N) is 1. The number of H-pyrrole nitrogens is 1. The van der Waals surface area contributed by atoms with E-state index in [1.54, 1.807) is 6.07 Å². The van der Waals surface area contributed by atoms with E-state index in [9.17, 15) is 4.79 Å². The number of nitrogens with one attached hydrogen (secondary N) is 2. The zero-order chi connectivity index (χ0) is 15.6. The Morgan fingerprint density at radius 2 is 1.91 bits per heavy atom. The minimum Gasteiger partial charge on any atom is -0.490 e. The van der Waals surface area contributed by atoms with Gasteiger partial charge in [-0.15, -0.1) is 0 Å². The molecular weight excluding hydrogens is 290 g/mol. The molecule has 1 aliphatic rings. The van der Waals surface area contributed by atoms with Gasteiger partial charge in [0.2, 0.25) is 5.95 Å². The third-order valence-electron chi connectivity index (χ3n) is 4.10. The van der Waals surface area contributed by atoms with E-state index in [2.05, 4.69) is 15.3 Å². The van der Waals surface area contributed by atoms with Crippen LogP contribution in [0.3, 0.4) is 0 Å². The maximum Gasteiger partial charge on any atom is 0.261 e. The highest BCUT2D eigenvalue weighted by molar-refractivity contribution is 6.05. The Morgan fingerprint density at radius 1 is 1.13 bits per heavy atom.